The number of fused-ring (bicyclic) bond motifs is 1. The number of amides is 1. The molecule has 36 heavy (non-hydrogen) atoms. The molecule has 10 heteroatoms. The molecule has 8 nitrogen and oxygen atoms in total. The predicted octanol–water partition coefficient (Wildman–Crippen LogP) is 5.46. The van der Waals surface area contributed by atoms with Gasteiger partial charge in [0.05, 0.1) is 24.5 Å². The Morgan fingerprint density at radius 3 is 2.64 bits per heavy atom. The molecule has 3 aromatic rings. The molecule has 1 N–H and O–H groups in total. The Kier molecular flexibility index (Phi) is 8.68. The number of thiophene rings is 1. The van der Waals surface area contributed by atoms with Crippen LogP contribution in [-0.4, -0.2) is 45.6 Å². The Morgan fingerprint density at radius 2 is 1.94 bits per heavy atom. The summed E-state index contributed by atoms with van der Waals surface area (Å²) in [4.78, 5) is 26.8. The van der Waals surface area contributed by atoms with Gasteiger partial charge in [0.15, 0.2) is 11.0 Å². The van der Waals surface area contributed by atoms with Crippen LogP contribution in [0.25, 0.3) is 11.4 Å². The van der Waals surface area contributed by atoms with Crippen LogP contribution >= 0.6 is 23.1 Å². The van der Waals surface area contributed by atoms with Crippen LogP contribution in [0.4, 0.5) is 5.00 Å². The molecule has 2 heterocycles. The summed E-state index contributed by atoms with van der Waals surface area (Å²) in [5.74, 6) is 1.72. The Morgan fingerprint density at radius 1 is 1.17 bits per heavy atom. The fourth-order valence-corrected chi connectivity index (χ4v) is 6.53. The van der Waals surface area contributed by atoms with Crippen molar-refractivity contribution in [2.45, 2.75) is 58.7 Å². The molecular formula is C26H32N4O4S2. The van der Waals surface area contributed by atoms with E-state index >= 15 is 0 Å². The maximum absolute atomic E-state index is 12.9. The largest absolute Gasteiger partial charge is 0.494 e. The van der Waals surface area contributed by atoms with Crippen molar-refractivity contribution in [1.29, 1.82) is 0 Å². The van der Waals surface area contributed by atoms with E-state index < -0.39 is 0 Å². The van der Waals surface area contributed by atoms with E-state index in [1.807, 2.05) is 42.7 Å². The first kappa shape index (κ1) is 26.2. The molecule has 1 atom stereocenters. The van der Waals surface area contributed by atoms with E-state index in [1.165, 1.54) is 28.0 Å². The van der Waals surface area contributed by atoms with Crippen molar-refractivity contribution in [3.63, 3.8) is 0 Å². The first-order valence-corrected chi connectivity index (χ1v) is 14.2. The summed E-state index contributed by atoms with van der Waals surface area (Å²) < 4.78 is 12.8. The van der Waals surface area contributed by atoms with Gasteiger partial charge >= 0.3 is 5.97 Å². The Hall–Kier alpha value is -2.85. The lowest BCUT2D eigenvalue weighted by Crippen LogP contribution is -2.18. The van der Waals surface area contributed by atoms with Crippen LogP contribution in [0, 0.1) is 5.92 Å². The van der Waals surface area contributed by atoms with Crippen molar-refractivity contribution < 1.29 is 19.1 Å². The number of rotatable bonds is 10. The van der Waals surface area contributed by atoms with E-state index in [4.69, 9.17) is 9.47 Å². The molecule has 1 aromatic carbocycles. The maximum atomic E-state index is 12.9. The van der Waals surface area contributed by atoms with E-state index in [9.17, 15) is 9.59 Å². The number of hydrogen-bond donors (Lipinski definition) is 1. The van der Waals surface area contributed by atoms with Crippen molar-refractivity contribution >= 4 is 40.0 Å². The monoisotopic (exact) mass is 528 g/mol. The SMILES string of the molecule is CCOC(=O)c1c(NC(=O)CSc2nnc(-c3ccc(OCC)cc3)n2CC)sc2c1CCC(C)C2. The van der Waals surface area contributed by atoms with E-state index in [0.717, 1.165) is 42.0 Å². The molecule has 1 amide bonds. The first-order valence-electron chi connectivity index (χ1n) is 12.4. The number of aromatic nitrogens is 3. The Labute approximate surface area is 219 Å². The predicted molar refractivity (Wildman–Crippen MR) is 143 cm³/mol. The van der Waals surface area contributed by atoms with Crippen molar-refractivity contribution in [3.05, 3.63) is 40.3 Å². The van der Waals surface area contributed by atoms with Gasteiger partial charge in [0.25, 0.3) is 0 Å². The standard InChI is InChI=1S/C26H32N4O4S2/c1-5-30-23(17-9-11-18(12-10-17)33-6-2)28-29-26(30)35-15-21(31)27-24-22(25(32)34-7-3)19-13-8-16(4)14-20(19)36-24/h9-12,16H,5-8,13-15H2,1-4H3,(H,27,31). The minimum atomic E-state index is -0.363. The summed E-state index contributed by atoms with van der Waals surface area (Å²) in [6, 6.07) is 7.74. The molecular weight excluding hydrogens is 496 g/mol. The highest BCUT2D eigenvalue weighted by Gasteiger charge is 2.29. The first-order chi connectivity index (χ1) is 17.4. The van der Waals surface area contributed by atoms with Crippen LogP contribution < -0.4 is 10.1 Å². The smallest absolute Gasteiger partial charge is 0.341 e. The summed E-state index contributed by atoms with van der Waals surface area (Å²) in [6.45, 7) is 9.56. The third-order valence-electron chi connectivity index (χ3n) is 6.03. The summed E-state index contributed by atoms with van der Waals surface area (Å²) in [7, 11) is 0. The Balaban J connectivity index is 1.47. The normalized spacial score (nSPS) is 14.8. The number of benzene rings is 1. The van der Waals surface area contributed by atoms with Crippen LogP contribution in [-0.2, 0) is 28.9 Å². The molecule has 192 valence electrons. The number of carbonyl (C=O) groups is 2. The zero-order valence-electron chi connectivity index (χ0n) is 21.1. The number of nitrogens with one attached hydrogen (secondary N) is 1. The molecule has 0 radical (unpaired) electrons. The van der Waals surface area contributed by atoms with Gasteiger partial charge in [-0.05, 0) is 75.8 Å². The molecule has 4 rings (SSSR count). The molecule has 2 aromatic heterocycles. The van der Waals surface area contributed by atoms with Crippen LogP contribution in [0.5, 0.6) is 5.75 Å². The van der Waals surface area contributed by atoms with Gasteiger partial charge in [0.1, 0.15) is 10.8 Å². The summed E-state index contributed by atoms with van der Waals surface area (Å²) in [6.07, 6.45) is 2.79. The highest BCUT2D eigenvalue weighted by molar-refractivity contribution is 7.99. The second kappa shape index (κ2) is 11.9. The third-order valence-corrected chi connectivity index (χ3v) is 8.17. The number of carbonyl (C=O) groups excluding carboxylic acids is 2. The van der Waals surface area contributed by atoms with Gasteiger partial charge in [-0.3, -0.25) is 4.79 Å². The molecule has 0 saturated heterocycles. The van der Waals surface area contributed by atoms with Gasteiger partial charge < -0.3 is 19.4 Å². The molecule has 0 saturated carbocycles. The quantitative estimate of drug-likeness (QED) is 0.276. The summed E-state index contributed by atoms with van der Waals surface area (Å²) in [5.41, 5.74) is 2.49. The van der Waals surface area contributed by atoms with Gasteiger partial charge in [0, 0.05) is 17.0 Å². The highest BCUT2D eigenvalue weighted by atomic mass is 32.2. The van der Waals surface area contributed by atoms with E-state index in [0.29, 0.717) is 41.4 Å². The van der Waals surface area contributed by atoms with Crippen molar-refractivity contribution in [2.24, 2.45) is 5.92 Å². The zero-order chi connectivity index (χ0) is 25.7. The topological polar surface area (TPSA) is 95.3 Å². The zero-order valence-corrected chi connectivity index (χ0v) is 22.8. The highest BCUT2D eigenvalue weighted by Crippen LogP contribution is 2.40. The molecule has 1 aliphatic rings. The summed E-state index contributed by atoms with van der Waals surface area (Å²) in [5, 5.41) is 12.9. The fraction of sp³-hybridized carbons (Fsp3) is 0.462. The van der Waals surface area contributed by atoms with Gasteiger partial charge in [-0.2, -0.15) is 0 Å². The number of anilines is 1. The van der Waals surface area contributed by atoms with E-state index in [-0.39, 0.29) is 17.6 Å². The fourth-order valence-electron chi connectivity index (χ4n) is 4.31. The number of ether oxygens (including phenoxy) is 2. The number of thioether (sulfide) groups is 1. The lowest BCUT2D eigenvalue weighted by atomic mass is 9.88. The Bertz CT molecular complexity index is 1220. The van der Waals surface area contributed by atoms with Crippen molar-refractivity contribution in [3.8, 4) is 17.1 Å². The van der Waals surface area contributed by atoms with E-state index in [1.54, 1.807) is 6.92 Å². The molecule has 0 bridgehead atoms. The van der Waals surface area contributed by atoms with Crippen molar-refractivity contribution in [2.75, 3.05) is 24.3 Å². The minimum absolute atomic E-state index is 0.155. The number of esters is 1. The molecule has 0 aliphatic heterocycles. The number of hydrogen-bond acceptors (Lipinski definition) is 8. The van der Waals surface area contributed by atoms with Gasteiger partial charge in [0.2, 0.25) is 5.91 Å². The minimum Gasteiger partial charge on any atom is -0.494 e. The average Bonchev–Trinajstić information content (AvgIpc) is 3.43. The second-order valence-corrected chi connectivity index (χ2v) is 10.7. The third kappa shape index (κ3) is 5.75. The van der Waals surface area contributed by atoms with Gasteiger partial charge in [-0.25, -0.2) is 4.79 Å². The summed E-state index contributed by atoms with van der Waals surface area (Å²) >= 11 is 2.82. The molecule has 0 spiro atoms. The van der Waals surface area contributed by atoms with Crippen LogP contribution in [0.15, 0.2) is 29.4 Å². The van der Waals surface area contributed by atoms with Crippen LogP contribution in [0.2, 0.25) is 0 Å². The maximum Gasteiger partial charge on any atom is 0.341 e. The lowest BCUT2D eigenvalue weighted by molar-refractivity contribution is -0.113. The lowest BCUT2D eigenvalue weighted by Gasteiger charge is -2.18. The van der Waals surface area contributed by atoms with Gasteiger partial charge in [-0.1, -0.05) is 18.7 Å². The van der Waals surface area contributed by atoms with E-state index in [2.05, 4.69) is 22.4 Å². The number of nitrogens with zero attached hydrogens (tertiary/aromatic N) is 3. The molecule has 1 aliphatic carbocycles. The second-order valence-electron chi connectivity index (χ2n) is 8.62. The van der Waals surface area contributed by atoms with Gasteiger partial charge in [-0.15, -0.1) is 21.5 Å². The average molecular weight is 529 g/mol. The molecule has 0 fully saturated rings. The van der Waals surface area contributed by atoms with Crippen LogP contribution in [0.1, 0.15) is 54.9 Å². The van der Waals surface area contributed by atoms with Crippen molar-refractivity contribution in [1.82, 2.24) is 14.8 Å². The van der Waals surface area contributed by atoms with Crippen LogP contribution in [0.3, 0.4) is 0 Å². The molecule has 1 unspecified atom stereocenters.